The summed E-state index contributed by atoms with van der Waals surface area (Å²) >= 11 is 0. The number of benzene rings is 1. The van der Waals surface area contributed by atoms with Crippen molar-refractivity contribution in [3.05, 3.63) is 53.6 Å². The number of fused-ring (bicyclic) bond motifs is 2. The molecule has 0 amide bonds. The summed E-state index contributed by atoms with van der Waals surface area (Å²) in [6, 6.07) is 9.82. The fourth-order valence-electron chi connectivity index (χ4n) is 4.42. The fraction of sp³-hybridized carbons (Fsp3) is 0.421. The molecule has 6 nitrogen and oxygen atoms in total. The zero-order chi connectivity index (χ0) is 20.2. The quantitative estimate of drug-likeness (QED) is 0.626. The predicted molar refractivity (Wildman–Crippen MR) is 96.7 cm³/mol. The minimum atomic E-state index is -4.61. The lowest BCUT2D eigenvalue weighted by Crippen LogP contribution is -2.29. The molecule has 10 heteroatoms. The normalized spacial score (nSPS) is 22.6. The Balaban J connectivity index is 1.29. The number of alkyl halides is 3. The summed E-state index contributed by atoms with van der Waals surface area (Å²) in [7, 11) is 0. The number of rotatable bonds is 3. The zero-order valence-corrected chi connectivity index (χ0v) is 15.3. The van der Waals surface area contributed by atoms with E-state index in [1.807, 2.05) is 11.0 Å². The van der Waals surface area contributed by atoms with Gasteiger partial charge in [0.2, 0.25) is 0 Å². The van der Waals surface area contributed by atoms with Crippen molar-refractivity contribution in [2.75, 3.05) is 31.1 Å². The predicted octanol–water partition coefficient (Wildman–Crippen LogP) is 2.85. The van der Waals surface area contributed by atoms with Gasteiger partial charge in [-0.05, 0) is 41.7 Å². The van der Waals surface area contributed by atoms with Crippen LogP contribution < -0.4 is 4.90 Å². The van der Waals surface area contributed by atoms with Crippen LogP contribution in [0.2, 0.25) is 0 Å². The Kier molecular flexibility index (Phi) is 4.19. The minimum Gasteiger partial charge on any atom is -0.355 e. The van der Waals surface area contributed by atoms with Crippen molar-refractivity contribution in [1.29, 1.82) is 0 Å². The van der Waals surface area contributed by atoms with Crippen LogP contribution in [-0.2, 0) is 12.7 Å². The molecule has 2 atom stereocenters. The lowest BCUT2D eigenvalue weighted by Gasteiger charge is -2.22. The lowest BCUT2D eigenvalue weighted by atomic mass is 10.0. The second kappa shape index (κ2) is 6.65. The smallest absolute Gasteiger partial charge is 0.355 e. The van der Waals surface area contributed by atoms with Crippen LogP contribution in [0.5, 0.6) is 0 Å². The highest BCUT2D eigenvalue weighted by atomic mass is 19.4. The highest BCUT2D eigenvalue weighted by molar-refractivity contribution is 5.47. The number of anilines is 1. The first kappa shape index (κ1) is 18.3. The average Bonchev–Trinajstić information content (AvgIpc) is 3.32. The van der Waals surface area contributed by atoms with Crippen LogP contribution in [0, 0.1) is 17.7 Å². The molecule has 3 aromatic rings. The molecule has 5 rings (SSSR count). The molecule has 2 aromatic heterocycles. The Morgan fingerprint density at radius 2 is 1.72 bits per heavy atom. The molecular formula is C19H18F4N6. The van der Waals surface area contributed by atoms with E-state index in [0.29, 0.717) is 24.2 Å². The van der Waals surface area contributed by atoms with Gasteiger partial charge in [-0.15, -0.1) is 15.3 Å². The van der Waals surface area contributed by atoms with Gasteiger partial charge in [-0.2, -0.15) is 17.7 Å². The standard InChI is InChI=1S/C19H18F4N6/c20-15-3-1-2-12(6-15)7-27-8-13-10-28(11-14(13)9-27)17-5-4-16-24-25-18(19(21,22)23)29(16)26-17/h1-6,13-14H,7-11H2. The first-order valence-corrected chi connectivity index (χ1v) is 9.38. The van der Waals surface area contributed by atoms with Gasteiger partial charge < -0.3 is 4.90 Å². The molecule has 2 unspecified atom stereocenters. The topological polar surface area (TPSA) is 49.6 Å². The van der Waals surface area contributed by atoms with E-state index in [1.165, 1.54) is 12.1 Å². The van der Waals surface area contributed by atoms with Gasteiger partial charge in [0.05, 0.1) is 0 Å². The third-order valence-electron chi connectivity index (χ3n) is 5.68. The molecule has 0 aliphatic carbocycles. The third-order valence-corrected chi connectivity index (χ3v) is 5.68. The van der Waals surface area contributed by atoms with Crippen LogP contribution in [0.25, 0.3) is 5.65 Å². The summed E-state index contributed by atoms with van der Waals surface area (Å²) in [5.41, 5.74) is 1.02. The second-order valence-electron chi connectivity index (χ2n) is 7.73. The second-order valence-corrected chi connectivity index (χ2v) is 7.73. The summed E-state index contributed by atoms with van der Waals surface area (Å²) in [5.74, 6) is -0.0428. The molecule has 152 valence electrons. The Labute approximate surface area is 163 Å². The highest BCUT2D eigenvalue weighted by Gasteiger charge is 2.41. The maximum atomic E-state index is 13.4. The van der Waals surface area contributed by atoms with E-state index >= 15 is 0 Å². The Bertz CT molecular complexity index is 1030. The number of nitrogens with zero attached hydrogens (tertiary/aromatic N) is 6. The molecule has 1 aromatic carbocycles. The largest absolute Gasteiger partial charge is 0.453 e. The molecule has 2 fully saturated rings. The molecule has 2 aliphatic heterocycles. The molecule has 29 heavy (non-hydrogen) atoms. The monoisotopic (exact) mass is 406 g/mol. The van der Waals surface area contributed by atoms with Crippen molar-refractivity contribution in [3.63, 3.8) is 0 Å². The SMILES string of the molecule is Fc1cccc(CN2CC3CN(c4ccc5nnc(C(F)(F)F)n5n4)CC3C2)c1. The van der Waals surface area contributed by atoms with Crippen LogP contribution in [0.4, 0.5) is 23.4 Å². The van der Waals surface area contributed by atoms with Gasteiger partial charge in [0.25, 0.3) is 5.82 Å². The van der Waals surface area contributed by atoms with E-state index in [1.54, 1.807) is 18.2 Å². The summed E-state index contributed by atoms with van der Waals surface area (Å²) < 4.78 is 53.4. The van der Waals surface area contributed by atoms with Crippen molar-refractivity contribution in [3.8, 4) is 0 Å². The summed E-state index contributed by atoms with van der Waals surface area (Å²) in [4.78, 5) is 4.33. The van der Waals surface area contributed by atoms with Gasteiger partial charge in [0, 0.05) is 32.7 Å². The Hall–Kier alpha value is -2.75. The van der Waals surface area contributed by atoms with Crippen LogP contribution in [0.15, 0.2) is 36.4 Å². The summed E-state index contributed by atoms with van der Waals surface area (Å²) in [6.07, 6.45) is -4.61. The van der Waals surface area contributed by atoms with Gasteiger partial charge in [-0.3, -0.25) is 4.90 Å². The number of halogens is 4. The first-order chi connectivity index (χ1) is 13.9. The molecule has 0 saturated carbocycles. The van der Waals surface area contributed by atoms with E-state index in [2.05, 4.69) is 20.2 Å². The number of aromatic nitrogens is 4. The van der Waals surface area contributed by atoms with Crippen molar-refractivity contribution in [2.24, 2.45) is 11.8 Å². The molecule has 2 saturated heterocycles. The Morgan fingerprint density at radius 1 is 0.966 bits per heavy atom. The first-order valence-electron chi connectivity index (χ1n) is 9.38. The van der Waals surface area contributed by atoms with Crippen LogP contribution >= 0.6 is 0 Å². The zero-order valence-electron chi connectivity index (χ0n) is 15.3. The van der Waals surface area contributed by atoms with Gasteiger partial charge in [-0.1, -0.05) is 12.1 Å². The van der Waals surface area contributed by atoms with Gasteiger partial charge in [0.15, 0.2) is 5.65 Å². The maximum absolute atomic E-state index is 13.4. The molecule has 4 heterocycles. The van der Waals surface area contributed by atoms with E-state index in [0.717, 1.165) is 36.3 Å². The number of hydrogen-bond acceptors (Lipinski definition) is 5. The average molecular weight is 406 g/mol. The Morgan fingerprint density at radius 3 is 2.41 bits per heavy atom. The molecule has 2 aliphatic rings. The van der Waals surface area contributed by atoms with E-state index in [9.17, 15) is 17.6 Å². The van der Waals surface area contributed by atoms with E-state index in [-0.39, 0.29) is 11.5 Å². The van der Waals surface area contributed by atoms with Crippen molar-refractivity contribution in [2.45, 2.75) is 12.7 Å². The van der Waals surface area contributed by atoms with Crippen molar-refractivity contribution >= 4 is 11.5 Å². The maximum Gasteiger partial charge on any atom is 0.453 e. The number of likely N-dealkylation sites (tertiary alicyclic amines) is 1. The van der Waals surface area contributed by atoms with Crippen LogP contribution in [0.3, 0.4) is 0 Å². The molecule has 0 radical (unpaired) electrons. The third kappa shape index (κ3) is 3.41. The number of hydrogen-bond donors (Lipinski definition) is 0. The van der Waals surface area contributed by atoms with Gasteiger partial charge in [0.1, 0.15) is 11.6 Å². The van der Waals surface area contributed by atoms with Crippen molar-refractivity contribution in [1.82, 2.24) is 24.7 Å². The molecular weight excluding hydrogens is 388 g/mol. The highest BCUT2D eigenvalue weighted by Crippen LogP contribution is 2.34. The molecule has 0 spiro atoms. The van der Waals surface area contributed by atoms with E-state index in [4.69, 9.17) is 0 Å². The van der Waals surface area contributed by atoms with Gasteiger partial charge in [-0.25, -0.2) is 4.39 Å². The van der Waals surface area contributed by atoms with Crippen LogP contribution in [0.1, 0.15) is 11.4 Å². The van der Waals surface area contributed by atoms with Gasteiger partial charge >= 0.3 is 6.18 Å². The molecule has 0 bridgehead atoms. The van der Waals surface area contributed by atoms with Crippen molar-refractivity contribution < 1.29 is 17.6 Å². The summed E-state index contributed by atoms with van der Waals surface area (Å²) in [6.45, 7) is 3.91. The van der Waals surface area contributed by atoms with Crippen LogP contribution in [-0.4, -0.2) is 50.9 Å². The molecule has 0 N–H and O–H groups in total. The summed E-state index contributed by atoms with van der Waals surface area (Å²) in [5, 5.41) is 10.9. The lowest BCUT2D eigenvalue weighted by molar-refractivity contribution is -0.146. The van der Waals surface area contributed by atoms with E-state index < -0.39 is 12.0 Å². The minimum absolute atomic E-state index is 0.0711. The fourth-order valence-corrected chi connectivity index (χ4v) is 4.42.